The maximum atomic E-state index is 10.2. The van der Waals surface area contributed by atoms with Gasteiger partial charge in [-0.15, -0.1) is 10.3 Å². The van der Waals surface area contributed by atoms with Gasteiger partial charge in [-0.2, -0.15) is 5.26 Å². The maximum Gasteiger partial charge on any atom is 0.647 e. The number of benzene rings is 3. The highest BCUT2D eigenvalue weighted by Crippen LogP contribution is 2.43. The van der Waals surface area contributed by atoms with E-state index in [2.05, 4.69) is 78.9 Å². The molecule has 0 radical (unpaired) electrons. The largest absolute Gasteiger partial charge is 0.647 e. The summed E-state index contributed by atoms with van der Waals surface area (Å²) in [5.41, 5.74) is 3.31. The molecule has 4 nitrogen and oxygen atoms in total. The summed E-state index contributed by atoms with van der Waals surface area (Å²) in [6.07, 6.45) is 5.20. The molecule has 0 unspecified atom stereocenters. The van der Waals surface area contributed by atoms with Crippen molar-refractivity contribution in [3.63, 3.8) is 0 Å². The van der Waals surface area contributed by atoms with Gasteiger partial charge in [-0.3, -0.25) is 0 Å². The van der Waals surface area contributed by atoms with Crippen LogP contribution in [-0.4, -0.2) is 37.2 Å². The summed E-state index contributed by atoms with van der Waals surface area (Å²) >= 11 is 0. The maximum absolute atomic E-state index is 10.2. The van der Waals surface area contributed by atoms with Gasteiger partial charge in [0.1, 0.15) is 0 Å². The molecule has 0 aromatic heterocycles. The molecule has 1 N–H and O–H groups in total. The minimum atomic E-state index is -1.66. The highest BCUT2D eigenvalue weighted by molar-refractivity contribution is 8.29. The van der Waals surface area contributed by atoms with Gasteiger partial charge in [0.05, 0.1) is 11.8 Å². The van der Waals surface area contributed by atoms with Gasteiger partial charge in [-0.25, -0.2) is 0 Å². The fourth-order valence-corrected chi connectivity index (χ4v) is 4.94. The van der Waals surface area contributed by atoms with Gasteiger partial charge in [-0.05, 0) is 42.0 Å². The summed E-state index contributed by atoms with van der Waals surface area (Å²) < 4.78 is 11.1. The number of hydrogen-bond acceptors (Lipinski definition) is 4. The van der Waals surface area contributed by atoms with Crippen molar-refractivity contribution >= 4 is 17.6 Å². The highest BCUT2D eigenvalue weighted by atomic mass is 32.3. The molecule has 0 spiro atoms. The Morgan fingerprint density at radius 1 is 0.844 bits per heavy atom. The van der Waals surface area contributed by atoms with E-state index < -0.39 is 17.6 Å². The molecule has 0 fully saturated rings. The van der Waals surface area contributed by atoms with E-state index in [1.807, 2.05) is 30.7 Å². The lowest BCUT2D eigenvalue weighted by molar-refractivity contribution is 0.194. The first-order valence-corrected chi connectivity index (χ1v) is 13.2. The molecule has 0 saturated carbocycles. The predicted molar refractivity (Wildman–Crippen MR) is 133 cm³/mol. The van der Waals surface area contributed by atoms with Crippen molar-refractivity contribution in [3.05, 3.63) is 108 Å². The second-order valence-corrected chi connectivity index (χ2v) is 11.5. The number of hydrogen-bond donors (Lipinski definition) is 1. The van der Waals surface area contributed by atoms with E-state index in [4.69, 9.17) is 14.0 Å². The molecule has 166 valence electrons. The topological polar surface area (TPSA) is 62.5 Å². The first-order valence-electron chi connectivity index (χ1n) is 10.7. The molecule has 32 heavy (non-hydrogen) atoms. The Balaban J connectivity index is 1.84. The molecule has 0 amide bonds. The Labute approximate surface area is 193 Å². The number of nitriles is 1. The summed E-state index contributed by atoms with van der Waals surface area (Å²) in [6, 6.07) is 33.7. The van der Waals surface area contributed by atoms with Crippen molar-refractivity contribution in [1.29, 1.82) is 5.26 Å². The Kier molecular flexibility index (Phi) is 8.55. The van der Waals surface area contributed by atoms with Crippen LogP contribution in [0, 0.1) is 11.3 Å². The average Bonchev–Trinajstić information content (AvgIpc) is 2.81. The highest BCUT2D eigenvalue weighted by Gasteiger charge is 2.36. The third-order valence-electron chi connectivity index (χ3n) is 5.51. The molecule has 6 heteroatoms. The van der Waals surface area contributed by atoms with Crippen molar-refractivity contribution in [3.8, 4) is 6.07 Å². The van der Waals surface area contributed by atoms with Crippen LogP contribution in [0.15, 0.2) is 91.0 Å². The van der Waals surface area contributed by atoms with Crippen LogP contribution in [0.1, 0.15) is 29.5 Å². The lowest BCUT2D eigenvalue weighted by Gasteiger charge is -2.36. The molecule has 0 bridgehead atoms. The summed E-state index contributed by atoms with van der Waals surface area (Å²) in [5.74, 6) is 0.257. The Morgan fingerprint density at radius 3 is 1.69 bits per heavy atom. The fraction of sp³-hybridized carbons (Fsp3) is 0.269. The van der Waals surface area contributed by atoms with E-state index in [1.165, 1.54) is 16.7 Å². The van der Waals surface area contributed by atoms with E-state index in [9.17, 15) is 5.02 Å². The van der Waals surface area contributed by atoms with Crippen LogP contribution in [0.3, 0.4) is 0 Å². The normalized spacial score (nSPS) is 12.2. The Morgan fingerprint density at radius 2 is 1.28 bits per heavy atom. The van der Waals surface area contributed by atoms with Crippen LogP contribution in [0.2, 0.25) is 0 Å². The second kappa shape index (κ2) is 11.4. The van der Waals surface area contributed by atoms with E-state index in [-0.39, 0.29) is 11.2 Å². The first-order chi connectivity index (χ1) is 15.5. The van der Waals surface area contributed by atoms with Gasteiger partial charge in [0.25, 0.3) is 0 Å². The summed E-state index contributed by atoms with van der Waals surface area (Å²) in [7, 11) is -2.99. The van der Waals surface area contributed by atoms with Crippen molar-refractivity contribution in [2.45, 2.75) is 18.3 Å². The van der Waals surface area contributed by atoms with Gasteiger partial charge < -0.3 is 13.8 Å². The zero-order chi connectivity index (χ0) is 22.9. The SMILES string of the molecule is CS(C)(CC#N)OB(O)OCCCC(c1ccccc1)(c1ccccc1)c1ccccc1. The zero-order valence-electron chi connectivity index (χ0n) is 18.7. The molecule has 0 saturated heterocycles. The molecule has 3 aromatic rings. The van der Waals surface area contributed by atoms with E-state index in [1.54, 1.807) is 0 Å². The van der Waals surface area contributed by atoms with Gasteiger partial charge >= 0.3 is 7.32 Å². The van der Waals surface area contributed by atoms with Crippen LogP contribution in [0.25, 0.3) is 0 Å². The minimum absolute atomic E-state index is 0.257. The van der Waals surface area contributed by atoms with Crippen LogP contribution in [-0.2, 0) is 14.2 Å². The van der Waals surface area contributed by atoms with Gasteiger partial charge in [0.2, 0.25) is 0 Å². The molecule has 0 heterocycles. The quantitative estimate of drug-likeness (QED) is 0.246. The lowest BCUT2D eigenvalue weighted by atomic mass is 9.67. The zero-order valence-corrected chi connectivity index (χ0v) is 19.5. The van der Waals surface area contributed by atoms with E-state index >= 15 is 0 Å². The van der Waals surface area contributed by atoms with Gasteiger partial charge in [0.15, 0.2) is 0 Å². The third kappa shape index (κ3) is 6.02. The van der Waals surface area contributed by atoms with Crippen molar-refractivity contribution in [2.24, 2.45) is 0 Å². The molecule has 0 aliphatic carbocycles. The smallest absolute Gasteiger partial charge is 0.401 e. The lowest BCUT2D eigenvalue weighted by Crippen LogP contribution is -2.31. The standard InChI is InChI=1S/C26H30BNO3S/c1-32(2,22-20-28)31-27(29)30-21-12-19-26(23-13-6-3-7-14-23,24-15-8-4-9-16-24)25-17-10-5-11-18-25/h3-11,13-18,29H,12,19,21-22H2,1-2H3. The molecule has 0 atom stereocenters. The molecule has 3 rings (SSSR count). The average molecular weight is 447 g/mol. The minimum Gasteiger partial charge on any atom is -0.401 e. The molecular weight excluding hydrogens is 417 g/mol. The third-order valence-corrected chi connectivity index (χ3v) is 7.02. The van der Waals surface area contributed by atoms with Crippen LogP contribution < -0.4 is 0 Å². The van der Waals surface area contributed by atoms with Crippen molar-refractivity contribution in [1.82, 2.24) is 0 Å². The Bertz CT molecular complexity index is 897. The Hall–Kier alpha value is -2.56. The number of nitrogens with zero attached hydrogens (tertiary/aromatic N) is 1. The van der Waals surface area contributed by atoms with Crippen molar-refractivity contribution < 1.29 is 13.8 Å². The molecular formula is C26H30BNO3S. The van der Waals surface area contributed by atoms with Gasteiger partial charge in [-0.1, -0.05) is 91.0 Å². The molecule has 3 aromatic carbocycles. The van der Waals surface area contributed by atoms with Crippen molar-refractivity contribution in [2.75, 3.05) is 24.9 Å². The summed E-state index contributed by atoms with van der Waals surface area (Å²) in [6.45, 7) is 0.345. The molecule has 0 aliphatic rings. The summed E-state index contributed by atoms with van der Waals surface area (Å²) in [4.78, 5) is 0. The second-order valence-electron chi connectivity index (χ2n) is 8.12. The van der Waals surface area contributed by atoms with Gasteiger partial charge in [0, 0.05) is 12.0 Å². The predicted octanol–water partition coefficient (Wildman–Crippen LogP) is 5.31. The van der Waals surface area contributed by atoms with E-state index in [0.717, 1.165) is 6.42 Å². The van der Waals surface area contributed by atoms with E-state index in [0.29, 0.717) is 13.0 Å². The van der Waals surface area contributed by atoms with Crippen LogP contribution in [0.4, 0.5) is 0 Å². The fourth-order valence-electron chi connectivity index (χ4n) is 4.06. The summed E-state index contributed by atoms with van der Waals surface area (Å²) in [5, 5.41) is 19.1. The number of rotatable bonds is 11. The first kappa shape index (κ1) is 24.1. The van der Waals surface area contributed by atoms with Crippen LogP contribution >= 0.6 is 10.3 Å². The molecule has 0 aliphatic heterocycles. The van der Waals surface area contributed by atoms with Crippen LogP contribution in [0.5, 0.6) is 0 Å². The monoisotopic (exact) mass is 447 g/mol.